The van der Waals surface area contributed by atoms with Crippen LogP contribution in [0.15, 0.2) is 58.5 Å². The van der Waals surface area contributed by atoms with Crippen LogP contribution in [-0.4, -0.2) is 45.5 Å². The minimum Gasteiger partial charge on any atom is -0.496 e. The van der Waals surface area contributed by atoms with Crippen molar-refractivity contribution in [3.05, 3.63) is 59.7 Å². The van der Waals surface area contributed by atoms with Crippen LogP contribution >= 0.6 is 0 Å². The highest BCUT2D eigenvalue weighted by atomic mass is 32.2. The van der Waals surface area contributed by atoms with E-state index in [4.69, 9.17) is 4.74 Å². The Labute approximate surface area is 153 Å². The molecule has 0 aliphatic rings. The molecule has 2 rings (SSSR count). The van der Waals surface area contributed by atoms with Gasteiger partial charge in [-0.1, -0.05) is 29.8 Å². The van der Waals surface area contributed by atoms with Crippen molar-refractivity contribution in [1.82, 2.24) is 9.73 Å². The first-order valence-electron chi connectivity index (χ1n) is 7.82. The van der Waals surface area contributed by atoms with Gasteiger partial charge in [0.1, 0.15) is 5.75 Å². The number of benzene rings is 2. The summed E-state index contributed by atoms with van der Waals surface area (Å²) >= 11 is 0. The van der Waals surface area contributed by atoms with Gasteiger partial charge in [-0.2, -0.15) is 9.41 Å². The third-order valence-electron chi connectivity index (χ3n) is 3.63. The number of hydrazone groups is 1. The van der Waals surface area contributed by atoms with Crippen LogP contribution in [0.1, 0.15) is 11.1 Å². The summed E-state index contributed by atoms with van der Waals surface area (Å²) in [5, 5.41) is 3.84. The highest BCUT2D eigenvalue weighted by Crippen LogP contribution is 2.15. The van der Waals surface area contributed by atoms with Crippen molar-refractivity contribution >= 4 is 22.1 Å². The highest BCUT2D eigenvalue weighted by molar-refractivity contribution is 7.89. The Morgan fingerprint density at radius 1 is 1.19 bits per heavy atom. The molecule has 0 fully saturated rings. The lowest BCUT2D eigenvalue weighted by Crippen LogP contribution is -2.36. The minimum absolute atomic E-state index is 0.135. The van der Waals surface area contributed by atoms with E-state index in [1.807, 2.05) is 19.1 Å². The number of amides is 1. The van der Waals surface area contributed by atoms with Crippen LogP contribution in [0.3, 0.4) is 0 Å². The molecule has 0 bridgehead atoms. The highest BCUT2D eigenvalue weighted by Gasteiger charge is 2.22. The van der Waals surface area contributed by atoms with E-state index < -0.39 is 15.9 Å². The van der Waals surface area contributed by atoms with E-state index in [9.17, 15) is 13.2 Å². The Morgan fingerprint density at radius 3 is 2.50 bits per heavy atom. The summed E-state index contributed by atoms with van der Waals surface area (Å²) < 4.78 is 31.1. The van der Waals surface area contributed by atoms with Crippen molar-refractivity contribution in [3.8, 4) is 5.75 Å². The van der Waals surface area contributed by atoms with Crippen LogP contribution in [-0.2, 0) is 14.8 Å². The molecule has 2 aromatic carbocycles. The zero-order valence-corrected chi connectivity index (χ0v) is 15.7. The van der Waals surface area contributed by atoms with Gasteiger partial charge in [0, 0.05) is 12.6 Å². The predicted octanol–water partition coefficient (Wildman–Crippen LogP) is 1.77. The molecule has 7 nitrogen and oxygen atoms in total. The molecule has 26 heavy (non-hydrogen) atoms. The normalized spacial score (nSPS) is 11.7. The molecular weight excluding hydrogens is 354 g/mol. The monoisotopic (exact) mass is 375 g/mol. The lowest BCUT2D eigenvalue weighted by atomic mass is 10.2. The first-order chi connectivity index (χ1) is 12.3. The van der Waals surface area contributed by atoms with Crippen LogP contribution < -0.4 is 10.2 Å². The number of aryl methyl sites for hydroxylation is 1. The van der Waals surface area contributed by atoms with Gasteiger partial charge >= 0.3 is 0 Å². The number of methoxy groups -OCH3 is 1. The van der Waals surface area contributed by atoms with Crippen molar-refractivity contribution < 1.29 is 17.9 Å². The number of carbonyl (C=O) groups is 1. The molecule has 0 spiro atoms. The molecule has 0 radical (unpaired) electrons. The van der Waals surface area contributed by atoms with Gasteiger partial charge < -0.3 is 4.74 Å². The summed E-state index contributed by atoms with van der Waals surface area (Å²) in [5.41, 5.74) is 3.96. The molecule has 8 heteroatoms. The SMILES string of the molecule is COc1ccccc1/C=N\NC(=O)CN(C)S(=O)(=O)c1ccc(C)cc1. The molecule has 0 atom stereocenters. The van der Waals surface area contributed by atoms with Crippen molar-refractivity contribution in [1.29, 1.82) is 0 Å². The third-order valence-corrected chi connectivity index (χ3v) is 5.44. The number of hydrogen-bond donors (Lipinski definition) is 1. The molecule has 1 N–H and O–H groups in total. The molecule has 2 aromatic rings. The fourth-order valence-electron chi connectivity index (χ4n) is 2.16. The number of nitrogens with one attached hydrogen (secondary N) is 1. The van der Waals surface area contributed by atoms with Crippen LogP contribution in [0.4, 0.5) is 0 Å². The standard InChI is InChI=1S/C18H21N3O4S/c1-14-8-10-16(11-9-14)26(23,24)21(2)13-18(22)20-19-12-15-6-4-5-7-17(15)25-3/h4-12H,13H2,1-3H3,(H,20,22)/b19-12-. The van der Waals surface area contributed by atoms with E-state index in [0.717, 1.165) is 9.87 Å². The van der Waals surface area contributed by atoms with E-state index in [0.29, 0.717) is 11.3 Å². The Bertz CT molecular complexity index is 893. The maximum absolute atomic E-state index is 12.4. The van der Waals surface area contributed by atoms with Gasteiger partial charge in [0.25, 0.3) is 5.91 Å². The molecule has 0 heterocycles. The van der Waals surface area contributed by atoms with Crippen molar-refractivity contribution in [2.75, 3.05) is 20.7 Å². The number of rotatable bonds is 7. The summed E-state index contributed by atoms with van der Waals surface area (Å²) in [6.45, 7) is 1.52. The van der Waals surface area contributed by atoms with E-state index in [1.54, 1.807) is 24.3 Å². The molecule has 0 aliphatic carbocycles. The quantitative estimate of drug-likeness (QED) is 0.590. The average molecular weight is 375 g/mol. The summed E-state index contributed by atoms with van der Waals surface area (Å²) in [7, 11) is -0.854. The topological polar surface area (TPSA) is 88.1 Å². The smallest absolute Gasteiger partial charge is 0.255 e. The lowest BCUT2D eigenvalue weighted by molar-refractivity contribution is -0.121. The van der Waals surface area contributed by atoms with Gasteiger partial charge in [-0.25, -0.2) is 13.8 Å². The second-order valence-electron chi connectivity index (χ2n) is 5.61. The molecule has 1 amide bonds. The van der Waals surface area contributed by atoms with Gasteiger partial charge in [-0.15, -0.1) is 0 Å². The number of ether oxygens (including phenoxy) is 1. The lowest BCUT2D eigenvalue weighted by Gasteiger charge is -2.16. The van der Waals surface area contributed by atoms with E-state index >= 15 is 0 Å². The molecule has 0 aromatic heterocycles. The molecule has 0 unspecified atom stereocenters. The molecule has 138 valence electrons. The molecule has 0 saturated heterocycles. The van der Waals surface area contributed by atoms with Crippen molar-refractivity contribution in [2.24, 2.45) is 5.10 Å². The van der Waals surface area contributed by atoms with Gasteiger partial charge in [0.15, 0.2) is 0 Å². The zero-order chi connectivity index (χ0) is 19.2. The molecule has 0 saturated carbocycles. The summed E-state index contributed by atoms with van der Waals surface area (Å²) in [5.74, 6) is 0.0684. The fraction of sp³-hybridized carbons (Fsp3) is 0.222. The number of hydrogen-bond acceptors (Lipinski definition) is 5. The van der Waals surface area contributed by atoms with E-state index in [1.165, 1.54) is 32.5 Å². The number of sulfonamides is 1. The predicted molar refractivity (Wildman–Crippen MR) is 99.7 cm³/mol. The Morgan fingerprint density at radius 2 is 1.85 bits per heavy atom. The van der Waals surface area contributed by atoms with Crippen molar-refractivity contribution in [3.63, 3.8) is 0 Å². The fourth-order valence-corrected chi connectivity index (χ4v) is 3.29. The first kappa shape index (κ1) is 19.6. The zero-order valence-electron chi connectivity index (χ0n) is 14.8. The second kappa shape index (κ2) is 8.59. The first-order valence-corrected chi connectivity index (χ1v) is 9.26. The van der Waals surface area contributed by atoms with E-state index in [-0.39, 0.29) is 11.4 Å². The van der Waals surface area contributed by atoms with Crippen LogP contribution in [0.5, 0.6) is 5.75 Å². The number of likely N-dealkylation sites (N-methyl/N-ethyl adjacent to an activating group) is 1. The Hall–Kier alpha value is -2.71. The summed E-state index contributed by atoms with van der Waals surface area (Å²) in [4.78, 5) is 12.1. The maximum Gasteiger partial charge on any atom is 0.255 e. The summed E-state index contributed by atoms with van der Waals surface area (Å²) in [6, 6.07) is 13.6. The van der Waals surface area contributed by atoms with Crippen LogP contribution in [0.2, 0.25) is 0 Å². The number of nitrogens with zero attached hydrogens (tertiary/aromatic N) is 2. The van der Waals surface area contributed by atoms with Gasteiger partial charge in [0.05, 0.1) is 24.8 Å². The third kappa shape index (κ3) is 4.90. The second-order valence-corrected chi connectivity index (χ2v) is 7.65. The van der Waals surface area contributed by atoms with Crippen molar-refractivity contribution in [2.45, 2.75) is 11.8 Å². The molecular formula is C18H21N3O4S. The maximum atomic E-state index is 12.4. The van der Waals surface area contributed by atoms with Gasteiger partial charge in [-0.3, -0.25) is 4.79 Å². The number of carbonyl (C=O) groups excluding carboxylic acids is 1. The minimum atomic E-state index is -3.74. The Balaban J connectivity index is 1.98. The van der Waals surface area contributed by atoms with Crippen LogP contribution in [0, 0.1) is 6.92 Å². The van der Waals surface area contributed by atoms with Gasteiger partial charge in [0.2, 0.25) is 10.0 Å². The molecule has 0 aliphatic heterocycles. The number of para-hydroxylation sites is 1. The van der Waals surface area contributed by atoms with Crippen LogP contribution in [0.25, 0.3) is 0 Å². The van der Waals surface area contributed by atoms with Gasteiger partial charge in [-0.05, 0) is 31.2 Å². The largest absolute Gasteiger partial charge is 0.496 e. The Kier molecular flexibility index (Phi) is 6.48. The summed E-state index contributed by atoms with van der Waals surface area (Å²) in [6.07, 6.45) is 1.44. The average Bonchev–Trinajstić information content (AvgIpc) is 2.62. The van der Waals surface area contributed by atoms with E-state index in [2.05, 4.69) is 10.5 Å².